The summed E-state index contributed by atoms with van der Waals surface area (Å²) in [5.41, 5.74) is -3.50. The third kappa shape index (κ3) is 1.55. The van der Waals surface area contributed by atoms with E-state index in [1.165, 1.54) is 11.3 Å². The largest absolute Gasteiger partial charge is 0.448 e. The highest BCUT2D eigenvalue weighted by Gasteiger charge is 2.78. The number of nitrogens with zero attached hydrogens (tertiary/aromatic N) is 3. The topological polar surface area (TPSA) is 114 Å². The summed E-state index contributed by atoms with van der Waals surface area (Å²) in [7, 11) is 0. The van der Waals surface area contributed by atoms with Crippen molar-refractivity contribution in [2.45, 2.75) is 32.7 Å². The highest BCUT2D eigenvalue weighted by molar-refractivity contribution is 7.12. The Kier molecular flexibility index (Phi) is 3.07. The zero-order valence-corrected chi connectivity index (χ0v) is 13.7. The number of aryl methyl sites for hydroxylation is 1. The Hall–Kier alpha value is -2.40. The first-order valence-electron chi connectivity index (χ1n) is 7.07. The number of hydrogen-bond acceptors (Lipinski definition) is 7. The van der Waals surface area contributed by atoms with Gasteiger partial charge in [0.2, 0.25) is 17.1 Å². The van der Waals surface area contributed by atoms with Crippen molar-refractivity contribution in [1.29, 1.82) is 21.2 Å². The molecule has 1 aromatic rings. The second-order valence-corrected chi connectivity index (χ2v) is 7.39. The lowest BCUT2D eigenvalue weighted by atomic mass is 9.54. The third-order valence-corrected chi connectivity index (χ3v) is 6.06. The molecule has 7 heteroatoms. The normalized spacial score (nSPS) is 37.3. The molecule has 1 aromatic heterocycles. The van der Waals surface area contributed by atoms with Crippen LogP contribution in [0, 0.1) is 63.1 Å². The van der Waals surface area contributed by atoms with Gasteiger partial charge in [-0.2, -0.15) is 15.8 Å². The van der Waals surface area contributed by atoms with E-state index >= 15 is 0 Å². The molecule has 4 unspecified atom stereocenters. The molecule has 2 saturated heterocycles. The highest BCUT2D eigenvalue weighted by atomic mass is 32.1. The molecule has 0 radical (unpaired) electrons. The molecule has 0 amide bonds. The quantitative estimate of drug-likeness (QED) is 0.852. The molecule has 0 aliphatic carbocycles. The van der Waals surface area contributed by atoms with Crippen LogP contribution in [0.4, 0.5) is 0 Å². The number of thiophene rings is 1. The third-order valence-electron chi connectivity index (χ3n) is 5.01. The molecule has 116 valence electrons. The first-order chi connectivity index (χ1) is 10.8. The monoisotopic (exact) mass is 326 g/mol. The summed E-state index contributed by atoms with van der Waals surface area (Å²) in [4.78, 5) is 1.69. The summed E-state index contributed by atoms with van der Waals surface area (Å²) in [6.07, 6.45) is -0.945. The van der Waals surface area contributed by atoms with Crippen molar-refractivity contribution in [2.24, 2.45) is 16.7 Å². The van der Waals surface area contributed by atoms with Gasteiger partial charge in [-0.1, -0.05) is 6.92 Å². The maximum Gasteiger partial charge on any atom is 0.214 e. The molecule has 0 saturated carbocycles. The van der Waals surface area contributed by atoms with Gasteiger partial charge in [-0.05, 0) is 19.1 Å². The first-order valence-corrected chi connectivity index (χ1v) is 7.89. The van der Waals surface area contributed by atoms with Crippen LogP contribution in [0.2, 0.25) is 0 Å². The number of rotatable bonds is 1. The van der Waals surface area contributed by atoms with Crippen molar-refractivity contribution in [3.63, 3.8) is 0 Å². The smallest absolute Gasteiger partial charge is 0.214 e. The van der Waals surface area contributed by atoms with Gasteiger partial charge in [0, 0.05) is 16.7 Å². The SMILES string of the molecule is Cc1ccc(C2OC3(C)OC(=N)C(C#N)(C3C)C2(C#N)C#N)s1. The van der Waals surface area contributed by atoms with Crippen molar-refractivity contribution < 1.29 is 9.47 Å². The standard InChI is InChI=1S/C16H14N4O2S/c1-9-4-5-11(23-9)12-15(6-17,7-18)16(8-19)10(2)14(3,21-12)22-13(16)20/h4-5,10,12,20H,1-3H3. The van der Waals surface area contributed by atoms with Crippen LogP contribution >= 0.6 is 11.3 Å². The molecule has 3 rings (SSSR count). The maximum absolute atomic E-state index is 9.87. The molecule has 2 aliphatic heterocycles. The molecule has 3 heterocycles. The van der Waals surface area contributed by atoms with E-state index in [1.54, 1.807) is 19.9 Å². The zero-order chi connectivity index (χ0) is 17.0. The number of nitrogens with one attached hydrogen (secondary N) is 1. The average molecular weight is 326 g/mol. The number of hydrogen-bond donors (Lipinski definition) is 1. The van der Waals surface area contributed by atoms with E-state index < -0.39 is 28.6 Å². The molecule has 2 fully saturated rings. The van der Waals surface area contributed by atoms with Crippen LogP contribution in [-0.2, 0) is 9.47 Å². The minimum absolute atomic E-state index is 0.367. The summed E-state index contributed by atoms with van der Waals surface area (Å²) >= 11 is 1.41. The van der Waals surface area contributed by atoms with E-state index in [0.717, 1.165) is 4.88 Å². The van der Waals surface area contributed by atoms with Crippen molar-refractivity contribution in [3.05, 3.63) is 21.9 Å². The van der Waals surface area contributed by atoms with Crippen LogP contribution in [0.3, 0.4) is 0 Å². The minimum Gasteiger partial charge on any atom is -0.448 e. The average Bonchev–Trinajstić information content (AvgIpc) is 3.00. The van der Waals surface area contributed by atoms with Gasteiger partial charge in [0.1, 0.15) is 6.10 Å². The van der Waals surface area contributed by atoms with E-state index in [1.807, 2.05) is 25.1 Å². The maximum atomic E-state index is 9.87. The second-order valence-electron chi connectivity index (χ2n) is 6.07. The van der Waals surface area contributed by atoms with Gasteiger partial charge in [0.15, 0.2) is 5.41 Å². The first kappa shape index (κ1) is 15.5. The molecule has 23 heavy (non-hydrogen) atoms. The number of fused-ring (bicyclic) bond motifs is 2. The number of nitriles is 3. The predicted octanol–water partition coefficient (Wildman–Crippen LogP) is 3.03. The Morgan fingerprint density at radius 2 is 1.87 bits per heavy atom. The van der Waals surface area contributed by atoms with E-state index in [2.05, 4.69) is 6.07 Å². The Morgan fingerprint density at radius 1 is 1.22 bits per heavy atom. The Bertz CT molecular complexity index is 812. The van der Waals surface area contributed by atoms with Gasteiger partial charge in [-0.25, -0.2) is 0 Å². The molecule has 4 atom stereocenters. The predicted molar refractivity (Wildman–Crippen MR) is 81.0 cm³/mol. The second kappa shape index (κ2) is 4.55. The lowest BCUT2D eigenvalue weighted by Crippen LogP contribution is -2.57. The van der Waals surface area contributed by atoms with Crippen molar-refractivity contribution in [3.8, 4) is 18.2 Å². The van der Waals surface area contributed by atoms with Crippen LogP contribution in [0.15, 0.2) is 12.1 Å². The van der Waals surface area contributed by atoms with Gasteiger partial charge >= 0.3 is 0 Å². The molecule has 2 bridgehead atoms. The fourth-order valence-corrected chi connectivity index (χ4v) is 4.53. The molecule has 6 nitrogen and oxygen atoms in total. The van der Waals surface area contributed by atoms with Crippen LogP contribution in [0.5, 0.6) is 0 Å². The summed E-state index contributed by atoms with van der Waals surface area (Å²) in [6.45, 7) is 5.25. The van der Waals surface area contributed by atoms with Crippen molar-refractivity contribution in [1.82, 2.24) is 0 Å². The van der Waals surface area contributed by atoms with Gasteiger partial charge in [0.05, 0.1) is 24.1 Å². The molecular weight excluding hydrogens is 312 g/mol. The summed E-state index contributed by atoms with van der Waals surface area (Å²) < 4.78 is 11.6. The summed E-state index contributed by atoms with van der Waals surface area (Å²) in [5.74, 6) is -2.20. The van der Waals surface area contributed by atoms with Gasteiger partial charge in [0.25, 0.3) is 0 Å². The molecule has 1 N–H and O–H groups in total. The van der Waals surface area contributed by atoms with Crippen LogP contribution in [-0.4, -0.2) is 11.7 Å². The van der Waals surface area contributed by atoms with Gasteiger partial charge in [-0.15, -0.1) is 11.3 Å². The Balaban J connectivity index is 2.33. The fourth-order valence-electron chi connectivity index (χ4n) is 3.56. The lowest BCUT2D eigenvalue weighted by molar-refractivity contribution is -0.268. The Labute approximate surface area is 138 Å². The summed E-state index contributed by atoms with van der Waals surface area (Å²) in [6, 6.07) is 9.73. The van der Waals surface area contributed by atoms with Crippen molar-refractivity contribution >= 4 is 17.2 Å². The van der Waals surface area contributed by atoms with E-state index in [0.29, 0.717) is 4.88 Å². The molecule has 0 spiro atoms. The van der Waals surface area contributed by atoms with Crippen molar-refractivity contribution in [2.75, 3.05) is 0 Å². The van der Waals surface area contributed by atoms with Gasteiger partial charge in [-0.3, -0.25) is 5.41 Å². The fraction of sp³-hybridized carbons (Fsp3) is 0.500. The zero-order valence-electron chi connectivity index (χ0n) is 12.9. The summed E-state index contributed by atoms with van der Waals surface area (Å²) in [5, 5.41) is 37.8. The molecule has 2 aliphatic rings. The molecular formula is C16H14N4O2S. The number of ether oxygens (including phenoxy) is 2. The van der Waals surface area contributed by atoms with E-state index in [-0.39, 0.29) is 5.90 Å². The molecule has 0 aromatic carbocycles. The van der Waals surface area contributed by atoms with Gasteiger partial charge < -0.3 is 9.47 Å². The minimum atomic E-state index is -1.84. The van der Waals surface area contributed by atoms with Crippen LogP contribution < -0.4 is 0 Å². The van der Waals surface area contributed by atoms with Crippen LogP contribution in [0.25, 0.3) is 0 Å². The van der Waals surface area contributed by atoms with E-state index in [4.69, 9.17) is 14.9 Å². The Morgan fingerprint density at radius 3 is 2.35 bits per heavy atom. The lowest BCUT2D eigenvalue weighted by Gasteiger charge is -2.47. The van der Waals surface area contributed by atoms with Crippen LogP contribution in [0.1, 0.15) is 29.7 Å². The highest BCUT2D eigenvalue weighted by Crippen LogP contribution is 2.66. The van der Waals surface area contributed by atoms with E-state index in [9.17, 15) is 15.8 Å².